The molecule has 1 unspecified atom stereocenters. The fourth-order valence-corrected chi connectivity index (χ4v) is 5.08. The third-order valence-corrected chi connectivity index (χ3v) is 7.81. The number of carboxylic acid groups (broad SMARTS) is 1. The minimum atomic E-state index is -0.917. The van der Waals surface area contributed by atoms with E-state index in [0.717, 1.165) is 49.2 Å². The molecule has 7 nitrogen and oxygen atoms in total. The van der Waals surface area contributed by atoms with Gasteiger partial charge < -0.3 is 9.84 Å². The van der Waals surface area contributed by atoms with Crippen LogP contribution in [-0.2, 0) is 19.3 Å². The molecule has 0 amide bonds. The van der Waals surface area contributed by atoms with Crippen molar-refractivity contribution in [1.29, 1.82) is 0 Å². The number of carboxylic acids is 1. The van der Waals surface area contributed by atoms with Gasteiger partial charge in [0.05, 0.1) is 12.2 Å². The second-order valence-corrected chi connectivity index (χ2v) is 11.3. The number of hydrogen-bond acceptors (Lipinski definition) is 5. The number of rotatable bonds is 15. The zero-order valence-corrected chi connectivity index (χ0v) is 26.4. The first-order chi connectivity index (χ1) is 22.4. The molecule has 0 aliphatic carbocycles. The highest BCUT2D eigenvalue weighted by molar-refractivity contribution is 5.87. The predicted octanol–water partition coefficient (Wildman–Crippen LogP) is 8.49. The molecule has 0 saturated heterocycles. The Hall–Kier alpha value is -5.17. The number of H-pyrrole nitrogens is 1. The Bertz CT molecular complexity index is 1690. The quantitative estimate of drug-likeness (QED) is 0.0900. The number of aromatic nitrogens is 2. The maximum atomic E-state index is 11.0. The average Bonchev–Trinajstić information content (AvgIpc) is 3.52. The molecule has 0 radical (unpaired) electrons. The number of aromatic amines is 1. The first-order valence-electron chi connectivity index (χ1n) is 15.7. The van der Waals surface area contributed by atoms with Gasteiger partial charge in [0.15, 0.2) is 5.82 Å². The number of aromatic carboxylic acids is 1. The molecule has 7 heteroatoms. The summed E-state index contributed by atoms with van der Waals surface area (Å²) in [5.41, 5.74) is 6.01. The monoisotopic (exact) mass is 618 g/mol. The molecule has 0 saturated carbocycles. The summed E-state index contributed by atoms with van der Waals surface area (Å²) in [6.45, 7) is 6.83. The summed E-state index contributed by atoms with van der Waals surface area (Å²) in [6.07, 6.45) is 9.35. The minimum absolute atomic E-state index is 0.294. The van der Waals surface area contributed by atoms with E-state index < -0.39 is 11.7 Å². The van der Waals surface area contributed by atoms with Crippen molar-refractivity contribution in [2.45, 2.75) is 51.9 Å². The molecule has 46 heavy (non-hydrogen) atoms. The zero-order chi connectivity index (χ0) is 32.6. The number of hydrogen-bond donors (Lipinski definition) is 2. The molecule has 0 aliphatic heterocycles. The van der Waals surface area contributed by atoms with E-state index in [9.17, 15) is 9.59 Å². The van der Waals surface area contributed by atoms with Gasteiger partial charge in [0.25, 0.3) is 0 Å². The van der Waals surface area contributed by atoms with Gasteiger partial charge in [-0.25, -0.2) is 9.59 Å². The smallest absolute Gasteiger partial charge is 0.439 e. The maximum absolute atomic E-state index is 11.0. The fourth-order valence-electron chi connectivity index (χ4n) is 5.08. The number of nitrogens with one attached hydrogen (secondary N) is 1. The van der Waals surface area contributed by atoms with Gasteiger partial charge in [-0.1, -0.05) is 96.2 Å². The van der Waals surface area contributed by atoms with Gasteiger partial charge in [-0.3, -0.25) is 9.51 Å². The average molecular weight is 619 g/mol. The number of benzene rings is 4. The molecule has 0 bridgehead atoms. The number of nitrogens with zero attached hydrogens (tertiary/aromatic N) is 1. The lowest BCUT2D eigenvalue weighted by Crippen LogP contribution is -2.04. The highest BCUT2D eigenvalue weighted by atomic mass is 16.5. The number of unbranched alkanes of at least 4 members (excludes halogenated alkanes) is 2. The summed E-state index contributed by atoms with van der Waals surface area (Å²) >= 11 is 0. The van der Waals surface area contributed by atoms with Gasteiger partial charge in [0, 0.05) is 5.56 Å². The van der Waals surface area contributed by atoms with Crippen molar-refractivity contribution in [1.82, 2.24) is 10.1 Å². The summed E-state index contributed by atoms with van der Waals surface area (Å²) < 4.78 is 10.3. The van der Waals surface area contributed by atoms with Crippen LogP contribution in [0, 0.1) is 12.8 Å². The number of allylic oxidation sites excluding steroid dienone is 1. The first kappa shape index (κ1) is 33.7. The molecule has 4 aromatic carbocycles. The highest BCUT2D eigenvalue weighted by Crippen LogP contribution is 2.20. The van der Waals surface area contributed by atoms with Crippen LogP contribution in [0.4, 0.5) is 0 Å². The van der Waals surface area contributed by atoms with Crippen molar-refractivity contribution in [3.8, 4) is 17.1 Å². The van der Waals surface area contributed by atoms with Crippen molar-refractivity contribution in [2.75, 3.05) is 6.61 Å². The predicted molar refractivity (Wildman–Crippen MR) is 182 cm³/mol. The Morgan fingerprint density at radius 1 is 0.870 bits per heavy atom. The van der Waals surface area contributed by atoms with Crippen LogP contribution < -0.4 is 10.5 Å². The Balaban J connectivity index is 0.000000222. The summed E-state index contributed by atoms with van der Waals surface area (Å²) in [7, 11) is 0. The Labute approximate surface area is 270 Å². The van der Waals surface area contributed by atoms with Gasteiger partial charge in [0.1, 0.15) is 5.75 Å². The summed E-state index contributed by atoms with van der Waals surface area (Å²) in [5.74, 6) is 0.248. The third-order valence-electron chi connectivity index (χ3n) is 7.81. The van der Waals surface area contributed by atoms with Crippen molar-refractivity contribution in [3.63, 3.8) is 0 Å². The number of ether oxygens (including phenoxy) is 1. The Morgan fingerprint density at radius 3 is 2.20 bits per heavy atom. The van der Waals surface area contributed by atoms with E-state index in [1.807, 2.05) is 60.7 Å². The molecule has 1 aromatic heterocycles. The zero-order valence-electron chi connectivity index (χ0n) is 26.4. The van der Waals surface area contributed by atoms with E-state index in [1.54, 1.807) is 12.1 Å². The van der Waals surface area contributed by atoms with E-state index in [0.29, 0.717) is 17.3 Å². The van der Waals surface area contributed by atoms with E-state index in [4.69, 9.17) is 9.84 Å². The van der Waals surface area contributed by atoms with Crippen LogP contribution in [0.5, 0.6) is 5.75 Å². The standard InChI is InChI=1S/C21H20N2O4.C18H22O/c1-2-14(13-16-7-11-18(12-8-16)20(24)25)3-4-15-5-9-17(10-6-15)19-22-21(26)27-23-19;1-16-10-7-8-14-18(16)19-15-9-3-6-13-17-11-4-2-5-12-17/h2,5-12,14H,1,3-4,13H2,(H,24,25)(H,22,23,26);2,4-5,7-8,10-12,14H,3,6,9,13,15H2,1H3. The summed E-state index contributed by atoms with van der Waals surface area (Å²) in [5, 5.41) is 12.6. The van der Waals surface area contributed by atoms with Crippen molar-refractivity contribution in [2.24, 2.45) is 5.92 Å². The lowest BCUT2D eigenvalue weighted by atomic mass is 9.92. The topological polar surface area (TPSA) is 105 Å². The number of aryl methyl sites for hydroxylation is 3. The van der Waals surface area contributed by atoms with E-state index in [1.165, 1.54) is 36.0 Å². The number of carbonyl (C=O) groups is 1. The highest BCUT2D eigenvalue weighted by Gasteiger charge is 2.09. The van der Waals surface area contributed by atoms with Crippen LogP contribution in [0.1, 0.15) is 58.3 Å². The lowest BCUT2D eigenvalue weighted by molar-refractivity contribution is 0.0697. The Kier molecular flexibility index (Phi) is 13.2. The molecule has 0 spiro atoms. The van der Waals surface area contributed by atoms with E-state index in [2.05, 4.69) is 64.6 Å². The molecule has 0 aliphatic rings. The molecular formula is C39H42N2O5. The molecule has 1 atom stereocenters. The SMILES string of the molecule is C=CC(CCc1ccc(-c2noc(=O)[nH]2)cc1)Cc1ccc(C(=O)O)cc1.Cc1ccccc1OCCCCCc1ccccc1. The van der Waals surface area contributed by atoms with Crippen LogP contribution in [0.15, 0.2) is 125 Å². The van der Waals surface area contributed by atoms with Crippen molar-refractivity contribution >= 4 is 5.97 Å². The molecule has 0 fully saturated rings. The van der Waals surface area contributed by atoms with E-state index >= 15 is 0 Å². The lowest BCUT2D eigenvalue weighted by Gasteiger charge is -2.13. The van der Waals surface area contributed by atoms with Crippen LogP contribution in [0.2, 0.25) is 0 Å². The normalized spacial score (nSPS) is 11.2. The molecule has 1 heterocycles. The van der Waals surface area contributed by atoms with Gasteiger partial charge in [-0.2, -0.15) is 0 Å². The summed E-state index contributed by atoms with van der Waals surface area (Å²) in [4.78, 5) is 24.5. The first-order valence-corrected chi connectivity index (χ1v) is 15.7. The van der Waals surface area contributed by atoms with Gasteiger partial charge in [-0.15, -0.1) is 6.58 Å². The second kappa shape index (κ2) is 18.0. The largest absolute Gasteiger partial charge is 0.493 e. The maximum Gasteiger partial charge on any atom is 0.439 e. The van der Waals surface area contributed by atoms with Crippen LogP contribution in [0.25, 0.3) is 11.4 Å². The molecule has 238 valence electrons. The van der Waals surface area contributed by atoms with E-state index in [-0.39, 0.29) is 0 Å². The van der Waals surface area contributed by atoms with Crippen LogP contribution in [-0.4, -0.2) is 27.8 Å². The van der Waals surface area contributed by atoms with Crippen LogP contribution in [0.3, 0.4) is 0 Å². The Morgan fingerprint density at radius 2 is 1.54 bits per heavy atom. The fraction of sp³-hybridized carbons (Fsp3) is 0.256. The van der Waals surface area contributed by atoms with Crippen LogP contribution >= 0.6 is 0 Å². The number of para-hydroxylation sites is 1. The molecular weight excluding hydrogens is 576 g/mol. The van der Waals surface area contributed by atoms with Crippen molar-refractivity contribution in [3.05, 3.63) is 154 Å². The van der Waals surface area contributed by atoms with Crippen molar-refractivity contribution < 1.29 is 19.2 Å². The van der Waals surface area contributed by atoms with Gasteiger partial charge in [0.2, 0.25) is 0 Å². The molecule has 2 N–H and O–H groups in total. The minimum Gasteiger partial charge on any atom is -0.493 e. The van der Waals surface area contributed by atoms with Gasteiger partial charge in [-0.05, 0) is 98.2 Å². The van der Waals surface area contributed by atoms with Gasteiger partial charge >= 0.3 is 11.7 Å². The molecule has 5 rings (SSSR count). The second-order valence-electron chi connectivity index (χ2n) is 11.3. The molecule has 5 aromatic rings. The summed E-state index contributed by atoms with van der Waals surface area (Å²) in [6, 6.07) is 33.7. The third kappa shape index (κ3) is 11.1.